The summed E-state index contributed by atoms with van der Waals surface area (Å²) in [4.78, 5) is 8.46. The van der Waals surface area contributed by atoms with Crippen molar-refractivity contribution in [3.8, 4) is 0 Å². The molecule has 0 aliphatic carbocycles. The van der Waals surface area contributed by atoms with Gasteiger partial charge in [0.25, 0.3) is 0 Å². The zero-order valence-electron chi connectivity index (χ0n) is 10.7. The van der Waals surface area contributed by atoms with Crippen LogP contribution in [0.25, 0.3) is 0 Å². The van der Waals surface area contributed by atoms with E-state index in [1.165, 1.54) is 16.2 Å². The number of hydrogen-bond donors (Lipinski definition) is 1. The third-order valence-electron chi connectivity index (χ3n) is 3.27. The van der Waals surface area contributed by atoms with E-state index in [9.17, 15) is 0 Å². The molecule has 3 nitrogen and oxygen atoms in total. The highest BCUT2D eigenvalue weighted by Crippen LogP contribution is 2.32. The van der Waals surface area contributed by atoms with Gasteiger partial charge in [0.15, 0.2) is 0 Å². The average Bonchev–Trinajstić information content (AvgIpc) is 2.77. The lowest BCUT2D eigenvalue weighted by Crippen LogP contribution is -2.42. The van der Waals surface area contributed by atoms with E-state index < -0.39 is 0 Å². The third-order valence-corrected chi connectivity index (χ3v) is 4.34. The normalized spacial score (nSPS) is 21.4. The Hall–Kier alpha value is -0.420. The summed E-state index contributed by atoms with van der Waals surface area (Å²) >= 11 is 1.83. The maximum Gasteiger partial charge on any atom is 0.0845 e. The summed E-state index contributed by atoms with van der Waals surface area (Å²) in [6.07, 6.45) is 3.34. The summed E-state index contributed by atoms with van der Waals surface area (Å²) in [5.74, 6) is 0. The fourth-order valence-electron chi connectivity index (χ4n) is 2.24. The van der Waals surface area contributed by atoms with Crippen LogP contribution in [0, 0.1) is 6.92 Å². The fourth-order valence-corrected chi connectivity index (χ4v) is 3.29. The molecule has 1 aliphatic rings. The molecule has 0 radical (unpaired) electrons. The first-order chi connectivity index (χ1) is 8.22. The Morgan fingerprint density at radius 1 is 1.47 bits per heavy atom. The Morgan fingerprint density at radius 2 is 2.29 bits per heavy atom. The van der Waals surface area contributed by atoms with E-state index in [0.717, 1.165) is 26.0 Å². The quantitative estimate of drug-likeness (QED) is 0.898. The topological polar surface area (TPSA) is 38.5 Å². The SMILES string of the molecule is CCC(N)C(c1ccc(C)s1)N1CCCCO1. The van der Waals surface area contributed by atoms with E-state index in [1.54, 1.807) is 0 Å². The molecule has 0 saturated carbocycles. The lowest BCUT2D eigenvalue weighted by Gasteiger charge is -2.36. The smallest absolute Gasteiger partial charge is 0.0845 e. The first-order valence-electron chi connectivity index (χ1n) is 6.44. The Balaban J connectivity index is 2.17. The molecule has 96 valence electrons. The summed E-state index contributed by atoms with van der Waals surface area (Å²) in [7, 11) is 0. The standard InChI is InChI=1S/C13H22N2OS/c1-3-11(14)13(12-7-6-10(2)17-12)15-8-4-5-9-16-15/h6-7,11,13H,3-5,8-9,14H2,1-2H3. The molecule has 2 unspecified atom stereocenters. The molecule has 0 aromatic carbocycles. The van der Waals surface area contributed by atoms with Gasteiger partial charge in [0.2, 0.25) is 0 Å². The molecular formula is C13H22N2OS. The van der Waals surface area contributed by atoms with E-state index in [0.29, 0.717) is 0 Å². The van der Waals surface area contributed by atoms with Crippen molar-refractivity contribution in [3.63, 3.8) is 0 Å². The van der Waals surface area contributed by atoms with Crippen LogP contribution < -0.4 is 5.73 Å². The molecule has 1 fully saturated rings. The predicted molar refractivity (Wildman–Crippen MR) is 72.0 cm³/mol. The number of rotatable bonds is 4. The van der Waals surface area contributed by atoms with Crippen LogP contribution in [0.15, 0.2) is 12.1 Å². The predicted octanol–water partition coefficient (Wildman–Crippen LogP) is 2.86. The number of aryl methyl sites for hydroxylation is 1. The van der Waals surface area contributed by atoms with Crippen molar-refractivity contribution >= 4 is 11.3 Å². The van der Waals surface area contributed by atoms with Gasteiger partial charge in [0, 0.05) is 22.3 Å². The van der Waals surface area contributed by atoms with E-state index in [-0.39, 0.29) is 12.1 Å². The van der Waals surface area contributed by atoms with Crippen molar-refractivity contribution in [1.82, 2.24) is 5.06 Å². The van der Waals surface area contributed by atoms with Gasteiger partial charge in [-0.15, -0.1) is 11.3 Å². The fraction of sp³-hybridized carbons (Fsp3) is 0.692. The largest absolute Gasteiger partial charge is 0.326 e. The first-order valence-corrected chi connectivity index (χ1v) is 7.25. The number of hydroxylamine groups is 2. The van der Waals surface area contributed by atoms with Crippen LogP contribution in [0.4, 0.5) is 0 Å². The van der Waals surface area contributed by atoms with E-state index in [2.05, 4.69) is 31.0 Å². The maximum atomic E-state index is 6.27. The average molecular weight is 254 g/mol. The van der Waals surface area contributed by atoms with Crippen LogP contribution in [0.3, 0.4) is 0 Å². The Bertz CT molecular complexity index is 347. The number of nitrogens with zero attached hydrogens (tertiary/aromatic N) is 1. The van der Waals surface area contributed by atoms with Gasteiger partial charge in [0.1, 0.15) is 0 Å². The molecule has 1 saturated heterocycles. The van der Waals surface area contributed by atoms with E-state index in [4.69, 9.17) is 10.6 Å². The van der Waals surface area contributed by atoms with E-state index in [1.807, 2.05) is 11.3 Å². The monoisotopic (exact) mass is 254 g/mol. The van der Waals surface area contributed by atoms with Gasteiger partial charge in [-0.3, -0.25) is 4.84 Å². The van der Waals surface area contributed by atoms with Crippen molar-refractivity contribution in [2.24, 2.45) is 5.73 Å². The molecule has 2 heterocycles. The Kier molecular flexibility index (Phi) is 4.56. The molecule has 0 amide bonds. The first kappa shape index (κ1) is 13.0. The second-order valence-electron chi connectivity index (χ2n) is 4.65. The van der Waals surface area contributed by atoms with Crippen LogP contribution in [0.2, 0.25) is 0 Å². The maximum absolute atomic E-state index is 6.27. The van der Waals surface area contributed by atoms with Crippen LogP contribution in [0.1, 0.15) is 42.0 Å². The van der Waals surface area contributed by atoms with Gasteiger partial charge in [-0.1, -0.05) is 6.92 Å². The van der Waals surface area contributed by atoms with Crippen LogP contribution in [-0.4, -0.2) is 24.3 Å². The molecule has 2 N–H and O–H groups in total. The minimum atomic E-state index is 0.145. The van der Waals surface area contributed by atoms with Crippen LogP contribution >= 0.6 is 11.3 Å². The van der Waals surface area contributed by atoms with Gasteiger partial charge in [-0.25, -0.2) is 0 Å². The summed E-state index contributed by atoms with van der Waals surface area (Å²) in [5.41, 5.74) is 6.27. The van der Waals surface area contributed by atoms with Crippen molar-refractivity contribution in [2.75, 3.05) is 13.2 Å². The summed E-state index contributed by atoms with van der Waals surface area (Å²) in [6.45, 7) is 6.11. The van der Waals surface area contributed by atoms with E-state index >= 15 is 0 Å². The zero-order valence-corrected chi connectivity index (χ0v) is 11.5. The van der Waals surface area contributed by atoms with Gasteiger partial charge < -0.3 is 5.73 Å². The summed E-state index contributed by atoms with van der Waals surface area (Å²) in [5, 5.41) is 2.10. The molecule has 4 heteroatoms. The Morgan fingerprint density at radius 3 is 2.82 bits per heavy atom. The summed E-state index contributed by atoms with van der Waals surface area (Å²) in [6, 6.07) is 4.72. The van der Waals surface area contributed by atoms with Crippen molar-refractivity contribution in [2.45, 2.75) is 45.2 Å². The third kappa shape index (κ3) is 3.07. The number of thiophene rings is 1. The second kappa shape index (κ2) is 5.96. The molecule has 1 aliphatic heterocycles. The molecule has 0 bridgehead atoms. The lowest BCUT2D eigenvalue weighted by atomic mass is 10.0. The highest BCUT2D eigenvalue weighted by molar-refractivity contribution is 7.12. The van der Waals surface area contributed by atoms with Gasteiger partial charge in [-0.2, -0.15) is 5.06 Å². The van der Waals surface area contributed by atoms with Crippen LogP contribution in [0.5, 0.6) is 0 Å². The number of nitrogens with two attached hydrogens (primary N) is 1. The van der Waals surface area contributed by atoms with Gasteiger partial charge in [0.05, 0.1) is 12.6 Å². The van der Waals surface area contributed by atoms with Crippen LogP contribution in [-0.2, 0) is 4.84 Å². The van der Waals surface area contributed by atoms with Crippen molar-refractivity contribution in [1.29, 1.82) is 0 Å². The molecule has 1 aromatic heterocycles. The molecule has 2 atom stereocenters. The minimum absolute atomic E-state index is 0.145. The number of hydrogen-bond acceptors (Lipinski definition) is 4. The molecule has 1 aromatic rings. The minimum Gasteiger partial charge on any atom is -0.326 e. The molecular weight excluding hydrogens is 232 g/mol. The van der Waals surface area contributed by atoms with Crippen molar-refractivity contribution < 1.29 is 4.84 Å². The molecule has 17 heavy (non-hydrogen) atoms. The zero-order chi connectivity index (χ0) is 12.3. The highest BCUT2D eigenvalue weighted by Gasteiger charge is 2.29. The van der Waals surface area contributed by atoms with Crippen molar-refractivity contribution in [3.05, 3.63) is 21.9 Å². The summed E-state index contributed by atoms with van der Waals surface area (Å²) < 4.78 is 0. The highest BCUT2D eigenvalue weighted by atomic mass is 32.1. The lowest BCUT2D eigenvalue weighted by molar-refractivity contribution is -0.211. The van der Waals surface area contributed by atoms with Gasteiger partial charge >= 0.3 is 0 Å². The Labute approximate surface area is 108 Å². The molecule has 0 spiro atoms. The van der Waals surface area contributed by atoms with Gasteiger partial charge in [-0.05, 0) is 38.3 Å². The molecule has 2 rings (SSSR count). The second-order valence-corrected chi connectivity index (χ2v) is 5.97.